The Hall–Kier alpha value is -1.62. The van der Waals surface area contributed by atoms with Crippen LogP contribution < -0.4 is 11.1 Å². The van der Waals surface area contributed by atoms with Crippen LogP contribution in [-0.2, 0) is 4.79 Å². The first-order chi connectivity index (χ1) is 10.1. The molecule has 21 heavy (non-hydrogen) atoms. The van der Waals surface area contributed by atoms with Gasteiger partial charge in [0.25, 0.3) is 0 Å². The Morgan fingerprint density at radius 2 is 2.14 bits per heavy atom. The Morgan fingerprint density at radius 3 is 2.81 bits per heavy atom. The summed E-state index contributed by atoms with van der Waals surface area (Å²) in [7, 11) is 0. The van der Waals surface area contributed by atoms with E-state index in [1.807, 2.05) is 0 Å². The Labute approximate surface area is 125 Å². The van der Waals surface area contributed by atoms with Gasteiger partial charge in [-0.25, -0.2) is 4.39 Å². The molecular formula is C16H24FN3O. The number of nitrogen functional groups attached to an aromatic ring is 1. The number of carbonyl (C=O) groups is 1. The Balaban J connectivity index is 1.76. The summed E-state index contributed by atoms with van der Waals surface area (Å²) in [5.74, 6) is 0.204. The van der Waals surface area contributed by atoms with Crippen LogP contribution in [0.1, 0.15) is 32.6 Å². The molecule has 0 aliphatic carbocycles. The minimum Gasteiger partial charge on any atom is -0.399 e. The number of nitrogens with zero attached hydrogens (tertiary/aromatic N) is 1. The molecule has 1 aromatic carbocycles. The summed E-state index contributed by atoms with van der Waals surface area (Å²) >= 11 is 0. The summed E-state index contributed by atoms with van der Waals surface area (Å²) < 4.78 is 13.5. The molecule has 1 aliphatic rings. The van der Waals surface area contributed by atoms with E-state index in [2.05, 4.69) is 17.1 Å². The first-order valence-electron chi connectivity index (χ1n) is 7.65. The van der Waals surface area contributed by atoms with Crippen molar-refractivity contribution in [3.05, 3.63) is 24.0 Å². The molecule has 1 aromatic rings. The van der Waals surface area contributed by atoms with E-state index in [1.54, 1.807) is 0 Å². The molecule has 5 heteroatoms. The van der Waals surface area contributed by atoms with Gasteiger partial charge in [-0.1, -0.05) is 13.3 Å². The van der Waals surface area contributed by atoms with Gasteiger partial charge in [-0.15, -0.1) is 0 Å². The summed E-state index contributed by atoms with van der Waals surface area (Å²) in [6.07, 6.45) is 4.04. The first-order valence-corrected chi connectivity index (χ1v) is 7.65. The lowest BCUT2D eigenvalue weighted by molar-refractivity contribution is -0.116. The molecule has 0 spiro atoms. The van der Waals surface area contributed by atoms with Crippen molar-refractivity contribution < 1.29 is 9.18 Å². The summed E-state index contributed by atoms with van der Waals surface area (Å²) in [4.78, 5) is 14.2. The van der Waals surface area contributed by atoms with Crippen LogP contribution >= 0.6 is 0 Å². The van der Waals surface area contributed by atoms with Crippen molar-refractivity contribution in [2.75, 3.05) is 30.7 Å². The van der Waals surface area contributed by atoms with E-state index in [0.717, 1.165) is 25.6 Å². The summed E-state index contributed by atoms with van der Waals surface area (Å²) in [6, 6.07) is 4.18. The molecule has 0 unspecified atom stereocenters. The average Bonchev–Trinajstić information content (AvgIpc) is 2.49. The number of rotatable bonds is 5. The topological polar surface area (TPSA) is 58.4 Å². The van der Waals surface area contributed by atoms with Crippen LogP contribution in [0.4, 0.5) is 15.8 Å². The van der Waals surface area contributed by atoms with Crippen molar-refractivity contribution >= 4 is 17.3 Å². The second kappa shape index (κ2) is 7.41. The Bertz CT molecular complexity index is 484. The number of likely N-dealkylation sites (tertiary alicyclic amines) is 1. The molecular weight excluding hydrogens is 269 g/mol. The van der Waals surface area contributed by atoms with E-state index in [9.17, 15) is 9.18 Å². The maximum atomic E-state index is 13.5. The van der Waals surface area contributed by atoms with E-state index in [0.29, 0.717) is 12.1 Å². The maximum Gasteiger partial charge on any atom is 0.225 e. The first kappa shape index (κ1) is 15.8. The average molecular weight is 293 g/mol. The number of anilines is 2. The van der Waals surface area contributed by atoms with Crippen LogP contribution in [-0.4, -0.2) is 30.4 Å². The fourth-order valence-corrected chi connectivity index (χ4v) is 2.73. The number of nitrogens with two attached hydrogens (primary N) is 1. The number of benzene rings is 1. The summed E-state index contributed by atoms with van der Waals surface area (Å²) in [5.41, 5.74) is 6.19. The highest BCUT2D eigenvalue weighted by molar-refractivity contribution is 5.91. The van der Waals surface area contributed by atoms with Crippen molar-refractivity contribution in [3.8, 4) is 0 Å². The largest absolute Gasteiger partial charge is 0.399 e. The lowest BCUT2D eigenvalue weighted by Gasteiger charge is -2.31. The molecule has 1 amide bonds. The Kier molecular flexibility index (Phi) is 5.56. The normalized spacial score (nSPS) is 16.9. The van der Waals surface area contributed by atoms with Crippen molar-refractivity contribution in [2.24, 2.45) is 5.92 Å². The molecule has 1 saturated heterocycles. The minimum atomic E-state index is -0.457. The molecule has 0 saturated carbocycles. The summed E-state index contributed by atoms with van der Waals surface area (Å²) in [5, 5.41) is 2.59. The van der Waals surface area contributed by atoms with Crippen LogP contribution in [0.25, 0.3) is 0 Å². The van der Waals surface area contributed by atoms with Crippen molar-refractivity contribution in [1.82, 2.24) is 4.90 Å². The predicted octanol–water partition coefficient (Wildman–Crippen LogP) is 2.86. The zero-order chi connectivity index (χ0) is 15.2. The second-order valence-electron chi connectivity index (χ2n) is 5.73. The lowest BCUT2D eigenvalue weighted by Crippen LogP contribution is -2.35. The standard InChI is InChI=1S/C16H24FN3O/c1-2-12-5-8-20(9-6-12)10-7-16(21)19-15-11-13(18)3-4-14(15)17/h3-4,11-12H,2,5-10,18H2,1H3,(H,19,21). The Morgan fingerprint density at radius 1 is 1.43 bits per heavy atom. The molecule has 0 aromatic heterocycles. The quantitative estimate of drug-likeness (QED) is 0.821. The zero-order valence-corrected chi connectivity index (χ0v) is 12.6. The molecule has 0 bridgehead atoms. The summed E-state index contributed by atoms with van der Waals surface area (Å²) in [6.45, 7) is 5.07. The fourth-order valence-electron chi connectivity index (χ4n) is 2.73. The monoisotopic (exact) mass is 293 g/mol. The fraction of sp³-hybridized carbons (Fsp3) is 0.562. The third-order valence-electron chi connectivity index (χ3n) is 4.20. The number of piperidine rings is 1. The van der Waals surface area contributed by atoms with Gasteiger partial charge in [0.2, 0.25) is 5.91 Å². The third kappa shape index (κ3) is 4.70. The van der Waals surface area contributed by atoms with Gasteiger partial charge in [-0.3, -0.25) is 4.79 Å². The molecule has 1 heterocycles. The molecule has 3 N–H and O–H groups in total. The molecule has 1 aliphatic heterocycles. The highest BCUT2D eigenvalue weighted by Gasteiger charge is 2.18. The highest BCUT2D eigenvalue weighted by Crippen LogP contribution is 2.20. The van der Waals surface area contributed by atoms with E-state index in [1.165, 1.54) is 37.5 Å². The van der Waals surface area contributed by atoms with E-state index < -0.39 is 5.82 Å². The molecule has 116 valence electrons. The SMILES string of the molecule is CCC1CCN(CCC(=O)Nc2cc(N)ccc2F)CC1. The maximum absolute atomic E-state index is 13.5. The van der Waals surface area contributed by atoms with Gasteiger partial charge >= 0.3 is 0 Å². The van der Waals surface area contributed by atoms with Crippen molar-refractivity contribution in [3.63, 3.8) is 0 Å². The molecule has 1 fully saturated rings. The van der Waals surface area contributed by atoms with Crippen LogP contribution in [0.5, 0.6) is 0 Å². The second-order valence-corrected chi connectivity index (χ2v) is 5.73. The van der Waals surface area contributed by atoms with Crippen molar-refractivity contribution in [2.45, 2.75) is 32.6 Å². The number of hydrogen-bond donors (Lipinski definition) is 2. The molecule has 2 rings (SSSR count). The van der Waals surface area contributed by atoms with Gasteiger partial charge in [0.15, 0.2) is 0 Å². The van der Waals surface area contributed by atoms with E-state index >= 15 is 0 Å². The van der Waals surface area contributed by atoms with Gasteiger partial charge in [-0.05, 0) is 50.0 Å². The van der Waals surface area contributed by atoms with Crippen LogP contribution in [0, 0.1) is 11.7 Å². The van der Waals surface area contributed by atoms with Gasteiger partial charge in [0, 0.05) is 18.7 Å². The zero-order valence-electron chi connectivity index (χ0n) is 12.6. The van der Waals surface area contributed by atoms with Gasteiger partial charge in [-0.2, -0.15) is 0 Å². The van der Waals surface area contributed by atoms with Gasteiger partial charge in [0.1, 0.15) is 5.82 Å². The lowest BCUT2D eigenvalue weighted by atomic mass is 9.94. The number of amides is 1. The van der Waals surface area contributed by atoms with Crippen LogP contribution in [0.3, 0.4) is 0 Å². The number of hydrogen-bond acceptors (Lipinski definition) is 3. The molecule has 0 atom stereocenters. The smallest absolute Gasteiger partial charge is 0.225 e. The molecule has 0 radical (unpaired) electrons. The van der Waals surface area contributed by atoms with Gasteiger partial charge < -0.3 is 16.0 Å². The number of nitrogens with one attached hydrogen (secondary N) is 1. The van der Waals surface area contributed by atoms with Crippen LogP contribution in [0.15, 0.2) is 18.2 Å². The number of halogens is 1. The van der Waals surface area contributed by atoms with Crippen LogP contribution in [0.2, 0.25) is 0 Å². The number of carbonyl (C=O) groups excluding carboxylic acids is 1. The van der Waals surface area contributed by atoms with Crippen molar-refractivity contribution in [1.29, 1.82) is 0 Å². The van der Waals surface area contributed by atoms with Gasteiger partial charge in [0.05, 0.1) is 5.69 Å². The van der Waals surface area contributed by atoms with E-state index in [-0.39, 0.29) is 11.6 Å². The van der Waals surface area contributed by atoms with E-state index in [4.69, 9.17) is 5.73 Å². The molecule has 4 nitrogen and oxygen atoms in total. The third-order valence-corrected chi connectivity index (χ3v) is 4.20. The highest BCUT2D eigenvalue weighted by atomic mass is 19.1. The predicted molar refractivity (Wildman–Crippen MR) is 83.5 cm³/mol. The minimum absolute atomic E-state index is 0.157.